The Morgan fingerprint density at radius 2 is 1.55 bits per heavy atom. The first-order chi connectivity index (χ1) is 9.58. The van der Waals surface area contributed by atoms with E-state index < -0.39 is 4.92 Å². The van der Waals surface area contributed by atoms with Gasteiger partial charge in [-0.3, -0.25) is 19.7 Å². The van der Waals surface area contributed by atoms with Crippen LogP contribution in [0.5, 0.6) is 5.75 Å². The largest absolute Gasteiger partial charge is 0.508 e. The Kier molecular flexibility index (Phi) is 5.58. The molecular formula is C14H11NO5. The van der Waals surface area contributed by atoms with Gasteiger partial charge in [0.1, 0.15) is 12.0 Å². The van der Waals surface area contributed by atoms with Crippen molar-refractivity contribution in [2.75, 3.05) is 0 Å². The van der Waals surface area contributed by atoms with Gasteiger partial charge in [-0.1, -0.05) is 12.1 Å². The number of nitro benzene ring substituents is 1. The van der Waals surface area contributed by atoms with Crippen molar-refractivity contribution in [3.05, 3.63) is 69.8 Å². The summed E-state index contributed by atoms with van der Waals surface area (Å²) in [5.74, 6) is 0.181. The van der Waals surface area contributed by atoms with Crippen LogP contribution >= 0.6 is 0 Å². The number of phenols is 1. The van der Waals surface area contributed by atoms with Crippen LogP contribution in [0.3, 0.4) is 0 Å². The Balaban J connectivity index is 0.000000204. The third-order valence-corrected chi connectivity index (χ3v) is 2.29. The Morgan fingerprint density at radius 3 is 2.00 bits per heavy atom. The molecule has 6 heteroatoms. The van der Waals surface area contributed by atoms with E-state index in [1.54, 1.807) is 18.2 Å². The van der Waals surface area contributed by atoms with Gasteiger partial charge in [0.2, 0.25) is 0 Å². The summed E-state index contributed by atoms with van der Waals surface area (Å²) in [6, 6.07) is 11.9. The summed E-state index contributed by atoms with van der Waals surface area (Å²) in [5, 5.41) is 19.0. The minimum atomic E-state index is -0.580. The highest BCUT2D eigenvalue weighted by molar-refractivity contribution is 5.81. The summed E-state index contributed by atoms with van der Waals surface area (Å²) in [4.78, 5) is 29.9. The lowest BCUT2D eigenvalue weighted by atomic mass is 10.2. The van der Waals surface area contributed by atoms with Gasteiger partial charge in [-0.15, -0.1) is 0 Å². The van der Waals surface area contributed by atoms with Crippen molar-refractivity contribution >= 4 is 18.3 Å². The summed E-state index contributed by atoms with van der Waals surface area (Å²) >= 11 is 0. The number of para-hydroxylation sites is 1. The molecule has 0 aromatic heterocycles. The van der Waals surface area contributed by atoms with E-state index in [1.807, 2.05) is 0 Å². The topological polar surface area (TPSA) is 97.5 Å². The Bertz CT molecular complexity index is 607. The molecule has 1 N–H and O–H groups in total. The second kappa shape index (κ2) is 7.42. The van der Waals surface area contributed by atoms with Crippen molar-refractivity contribution in [2.45, 2.75) is 0 Å². The van der Waals surface area contributed by atoms with E-state index in [9.17, 15) is 19.7 Å². The first-order valence-corrected chi connectivity index (χ1v) is 5.51. The van der Waals surface area contributed by atoms with Gasteiger partial charge in [0.25, 0.3) is 5.69 Å². The molecule has 0 saturated carbocycles. The van der Waals surface area contributed by atoms with Gasteiger partial charge >= 0.3 is 0 Å². The molecule has 0 fully saturated rings. The van der Waals surface area contributed by atoms with Gasteiger partial charge in [0.05, 0.1) is 10.5 Å². The molecule has 0 aliphatic rings. The Morgan fingerprint density at radius 1 is 0.950 bits per heavy atom. The van der Waals surface area contributed by atoms with Gasteiger partial charge in [0, 0.05) is 11.6 Å². The van der Waals surface area contributed by atoms with Crippen LogP contribution in [0.1, 0.15) is 20.7 Å². The fraction of sp³-hybridized carbons (Fsp3) is 0. The minimum absolute atomic E-state index is 0.109. The first-order valence-electron chi connectivity index (χ1n) is 5.51. The molecule has 0 spiro atoms. The number of carbonyl (C=O) groups is 2. The monoisotopic (exact) mass is 273 g/mol. The molecule has 2 aromatic carbocycles. The van der Waals surface area contributed by atoms with Crippen LogP contribution in [0, 0.1) is 10.1 Å². The summed E-state index contributed by atoms with van der Waals surface area (Å²) in [5.41, 5.74) is 0.535. The molecule has 0 saturated heterocycles. The van der Waals surface area contributed by atoms with Crippen molar-refractivity contribution in [2.24, 2.45) is 0 Å². The Hall–Kier alpha value is -3.02. The number of aldehydes is 2. The summed E-state index contributed by atoms with van der Waals surface area (Å²) < 4.78 is 0. The number of benzene rings is 2. The molecule has 0 bridgehead atoms. The van der Waals surface area contributed by atoms with E-state index >= 15 is 0 Å². The average Bonchev–Trinajstić information content (AvgIpc) is 2.48. The average molecular weight is 273 g/mol. The van der Waals surface area contributed by atoms with Crippen LogP contribution < -0.4 is 0 Å². The first kappa shape index (κ1) is 15.0. The Labute approximate surface area is 114 Å². The molecular weight excluding hydrogens is 262 g/mol. The molecule has 0 amide bonds. The maximum Gasteiger partial charge on any atom is 0.279 e. The smallest absolute Gasteiger partial charge is 0.279 e. The zero-order chi connectivity index (χ0) is 15.0. The van der Waals surface area contributed by atoms with Crippen LogP contribution in [-0.4, -0.2) is 22.6 Å². The third kappa shape index (κ3) is 4.34. The second-order valence-corrected chi connectivity index (χ2v) is 3.64. The van der Waals surface area contributed by atoms with Crippen LogP contribution in [0.25, 0.3) is 0 Å². The predicted octanol–water partition coefficient (Wildman–Crippen LogP) is 2.61. The van der Waals surface area contributed by atoms with Gasteiger partial charge in [-0.2, -0.15) is 0 Å². The van der Waals surface area contributed by atoms with Crippen molar-refractivity contribution in [3.63, 3.8) is 0 Å². The highest BCUT2D eigenvalue weighted by atomic mass is 16.6. The van der Waals surface area contributed by atoms with Crippen LogP contribution in [0.15, 0.2) is 48.5 Å². The van der Waals surface area contributed by atoms with Crippen molar-refractivity contribution in [1.29, 1.82) is 0 Å². The number of rotatable bonds is 3. The van der Waals surface area contributed by atoms with Gasteiger partial charge in [0.15, 0.2) is 6.29 Å². The maximum atomic E-state index is 10.2. The molecule has 0 aliphatic heterocycles. The number of hydrogen-bond donors (Lipinski definition) is 1. The lowest BCUT2D eigenvalue weighted by Gasteiger charge is -1.91. The van der Waals surface area contributed by atoms with Gasteiger partial charge < -0.3 is 5.11 Å². The quantitative estimate of drug-likeness (QED) is 0.526. The van der Waals surface area contributed by atoms with Crippen molar-refractivity contribution in [1.82, 2.24) is 0 Å². The van der Waals surface area contributed by atoms with Crippen molar-refractivity contribution in [3.8, 4) is 5.75 Å². The molecule has 20 heavy (non-hydrogen) atoms. The second-order valence-electron chi connectivity index (χ2n) is 3.64. The van der Waals surface area contributed by atoms with E-state index in [4.69, 9.17) is 5.11 Å². The maximum absolute atomic E-state index is 10.2. The number of phenolic OH excluding ortho intramolecular Hbond substituents is 1. The van der Waals surface area contributed by atoms with E-state index in [-0.39, 0.29) is 17.0 Å². The van der Waals surface area contributed by atoms with Gasteiger partial charge in [-0.05, 0) is 30.3 Å². The normalized spacial score (nSPS) is 9.00. The highest BCUT2D eigenvalue weighted by Crippen LogP contribution is 2.14. The van der Waals surface area contributed by atoms with E-state index in [1.165, 1.54) is 30.3 Å². The third-order valence-electron chi connectivity index (χ3n) is 2.29. The summed E-state index contributed by atoms with van der Waals surface area (Å²) in [7, 11) is 0. The van der Waals surface area contributed by atoms with E-state index in [2.05, 4.69) is 0 Å². The van der Waals surface area contributed by atoms with E-state index in [0.29, 0.717) is 11.8 Å². The zero-order valence-corrected chi connectivity index (χ0v) is 10.3. The number of nitrogens with zero attached hydrogens (tertiary/aromatic N) is 1. The SMILES string of the molecule is O=Cc1ccc(O)cc1.O=Cc1ccccc1[N+](=O)[O-]. The van der Waals surface area contributed by atoms with Gasteiger partial charge in [-0.25, -0.2) is 0 Å². The van der Waals surface area contributed by atoms with Crippen LogP contribution in [-0.2, 0) is 0 Å². The number of aromatic hydroxyl groups is 1. The van der Waals surface area contributed by atoms with Crippen LogP contribution in [0.4, 0.5) is 5.69 Å². The summed E-state index contributed by atoms with van der Waals surface area (Å²) in [6.07, 6.45) is 1.21. The fourth-order valence-corrected chi connectivity index (χ4v) is 1.31. The molecule has 0 heterocycles. The lowest BCUT2D eigenvalue weighted by molar-refractivity contribution is -0.385. The molecule has 102 valence electrons. The van der Waals surface area contributed by atoms with Crippen LogP contribution in [0.2, 0.25) is 0 Å². The molecule has 2 rings (SSSR count). The molecule has 0 radical (unpaired) electrons. The molecule has 0 atom stereocenters. The molecule has 6 nitrogen and oxygen atoms in total. The molecule has 2 aromatic rings. The standard InChI is InChI=1S/C7H5NO3.C7H6O2/c9-5-6-3-1-2-4-7(6)8(10)11;8-5-6-1-3-7(9)4-2-6/h1-5H;1-5,9H. The van der Waals surface area contributed by atoms with E-state index in [0.717, 1.165) is 6.29 Å². The number of carbonyl (C=O) groups excluding carboxylic acids is 2. The van der Waals surface area contributed by atoms with Crippen molar-refractivity contribution < 1.29 is 19.6 Å². The highest BCUT2D eigenvalue weighted by Gasteiger charge is 2.09. The predicted molar refractivity (Wildman–Crippen MR) is 72.0 cm³/mol. The minimum Gasteiger partial charge on any atom is -0.508 e. The summed E-state index contributed by atoms with van der Waals surface area (Å²) in [6.45, 7) is 0. The lowest BCUT2D eigenvalue weighted by Crippen LogP contribution is -1.92. The molecule has 0 aliphatic carbocycles. The number of nitro groups is 1. The fourth-order valence-electron chi connectivity index (χ4n) is 1.31. The number of hydrogen-bond acceptors (Lipinski definition) is 5. The molecule has 0 unspecified atom stereocenters. The zero-order valence-electron chi connectivity index (χ0n) is 10.3.